The molecule has 0 heterocycles. The zero-order chi connectivity index (χ0) is 31.7. The summed E-state index contributed by atoms with van der Waals surface area (Å²) in [6.45, 7) is 7.37. The molecule has 2 atom stereocenters. The van der Waals surface area contributed by atoms with Gasteiger partial charge in [0, 0.05) is 19.0 Å². The zero-order valence-electron chi connectivity index (χ0n) is 25.8. The number of sulfonamides is 1. The van der Waals surface area contributed by atoms with Crippen molar-refractivity contribution < 1.29 is 18.0 Å². The number of anilines is 1. The molecule has 7 nitrogen and oxygen atoms in total. The van der Waals surface area contributed by atoms with Crippen molar-refractivity contribution in [3.63, 3.8) is 0 Å². The van der Waals surface area contributed by atoms with Gasteiger partial charge in [-0.05, 0) is 62.6 Å². The van der Waals surface area contributed by atoms with E-state index in [4.69, 9.17) is 0 Å². The molecule has 4 aromatic carbocycles. The average Bonchev–Trinajstić information content (AvgIpc) is 3.03. The number of amides is 2. The Morgan fingerprint density at radius 3 is 1.82 bits per heavy atom. The zero-order valence-corrected chi connectivity index (χ0v) is 26.6. The van der Waals surface area contributed by atoms with Crippen LogP contribution in [0.4, 0.5) is 5.69 Å². The SMILES string of the molecule is CC[C@H](C)NC(=O)[C@@H](Cc1ccccc1)N(Cc1ccccc1)C(=O)CN(c1ccc(C)cc1)S(=O)(=O)c1ccc(C)cc1. The van der Waals surface area contributed by atoms with Crippen molar-refractivity contribution in [3.8, 4) is 0 Å². The Kier molecular flexibility index (Phi) is 11.0. The maximum atomic E-state index is 14.5. The van der Waals surface area contributed by atoms with Crippen LogP contribution in [0.25, 0.3) is 0 Å². The first-order chi connectivity index (χ1) is 21.1. The molecule has 1 N–H and O–H groups in total. The minimum Gasteiger partial charge on any atom is -0.352 e. The summed E-state index contributed by atoms with van der Waals surface area (Å²) in [6, 6.07) is 31.6. The lowest BCUT2D eigenvalue weighted by molar-refractivity contribution is -0.140. The van der Waals surface area contributed by atoms with Gasteiger partial charge in [-0.15, -0.1) is 0 Å². The van der Waals surface area contributed by atoms with Crippen molar-refractivity contribution in [3.05, 3.63) is 131 Å². The van der Waals surface area contributed by atoms with E-state index in [-0.39, 0.29) is 29.8 Å². The van der Waals surface area contributed by atoms with Gasteiger partial charge in [-0.1, -0.05) is 103 Å². The summed E-state index contributed by atoms with van der Waals surface area (Å²) >= 11 is 0. The fourth-order valence-electron chi connectivity index (χ4n) is 4.85. The molecule has 230 valence electrons. The second-order valence-electron chi connectivity index (χ2n) is 11.2. The van der Waals surface area contributed by atoms with Gasteiger partial charge in [0.1, 0.15) is 12.6 Å². The Hall–Kier alpha value is -4.43. The average molecular weight is 612 g/mol. The molecule has 0 aliphatic heterocycles. The number of carbonyl (C=O) groups excluding carboxylic acids is 2. The predicted molar refractivity (Wildman–Crippen MR) is 176 cm³/mol. The first-order valence-electron chi connectivity index (χ1n) is 14.9. The van der Waals surface area contributed by atoms with Crippen LogP contribution in [0.2, 0.25) is 0 Å². The summed E-state index contributed by atoms with van der Waals surface area (Å²) < 4.78 is 29.3. The summed E-state index contributed by atoms with van der Waals surface area (Å²) in [5.41, 5.74) is 3.98. The van der Waals surface area contributed by atoms with E-state index in [9.17, 15) is 18.0 Å². The molecule has 0 spiro atoms. The fraction of sp³-hybridized carbons (Fsp3) is 0.278. The fourth-order valence-corrected chi connectivity index (χ4v) is 6.27. The minimum atomic E-state index is -4.13. The van der Waals surface area contributed by atoms with Gasteiger partial charge in [-0.2, -0.15) is 0 Å². The van der Waals surface area contributed by atoms with Crippen LogP contribution in [0.15, 0.2) is 114 Å². The molecule has 0 saturated carbocycles. The summed E-state index contributed by atoms with van der Waals surface area (Å²) in [4.78, 5) is 29.9. The van der Waals surface area contributed by atoms with E-state index >= 15 is 0 Å². The van der Waals surface area contributed by atoms with Crippen molar-refractivity contribution >= 4 is 27.5 Å². The molecular weight excluding hydrogens is 570 g/mol. The Morgan fingerprint density at radius 1 is 0.750 bits per heavy atom. The molecule has 2 amide bonds. The standard InChI is InChI=1S/C36H41N3O4S/c1-5-29(4)37-36(41)34(24-30-12-8-6-9-13-30)38(25-31-14-10-7-11-15-31)35(40)26-39(32-20-16-27(2)17-21-32)44(42,43)33-22-18-28(3)19-23-33/h6-23,29,34H,5,24-26H2,1-4H3,(H,37,41)/t29-,34+/m0/s1. The van der Waals surface area contributed by atoms with Crippen LogP contribution in [-0.2, 0) is 32.6 Å². The minimum absolute atomic E-state index is 0.0847. The van der Waals surface area contributed by atoms with E-state index in [1.807, 2.05) is 100 Å². The van der Waals surface area contributed by atoms with E-state index in [0.29, 0.717) is 5.69 Å². The molecule has 0 aliphatic rings. The van der Waals surface area contributed by atoms with E-state index in [1.165, 1.54) is 4.90 Å². The Labute approximate surface area is 261 Å². The highest BCUT2D eigenvalue weighted by molar-refractivity contribution is 7.92. The lowest BCUT2D eigenvalue weighted by Gasteiger charge is -2.34. The third-order valence-corrected chi connectivity index (χ3v) is 9.47. The molecular formula is C36H41N3O4S. The van der Waals surface area contributed by atoms with Crippen molar-refractivity contribution in [1.82, 2.24) is 10.2 Å². The summed E-state index contributed by atoms with van der Waals surface area (Å²) in [6.07, 6.45) is 1.00. The van der Waals surface area contributed by atoms with Crippen LogP contribution in [-0.4, -0.2) is 43.8 Å². The topological polar surface area (TPSA) is 86.8 Å². The third kappa shape index (κ3) is 8.35. The highest BCUT2D eigenvalue weighted by atomic mass is 32.2. The normalized spacial score (nSPS) is 12.6. The van der Waals surface area contributed by atoms with Gasteiger partial charge in [0.2, 0.25) is 11.8 Å². The second-order valence-corrected chi connectivity index (χ2v) is 13.1. The van der Waals surface area contributed by atoms with Gasteiger partial charge in [-0.25, -0.2) is 8.42 Å². The highest BCUT2D eigenvalue weighted by Crippen LogP contribution is 2.26. The van der Waals surface area contributed by atoms with Gasteiger partial charge in [-0.3, -0.25) is 13.9 Å². The molecule has 4 rings (SSSR count). The van der Waals surface area contributed by atoms with Crippen LogP contribution in [0, 0.1) is 13.8 Å². The number of carbonyl (C=O) groups is 2. The molecule has 8 heteroatoms. The molecule has 0 fully saturated rings. The number of nitrogens with one attached hydrogen (secondary N) is 1. The first-order valence-corrected chi connectivity index (χ1v) is 16.4. The van der Waals surface area contributed by atoms with Gasteiger partial charge < -0.3 is 10.2 Å². The summed E-state index contributed by atoms with van der Waals surface area (Å²) in [7, 11) is -4.13. The molecule has 4 aromatic rings. The molecule has 0 unspecified atom stereocenters. The largest absolute Gasteiger partial charge is 0.352 e. The monoisotopic (exact) mass is 611 g/mol. The molecule has 44 heavy (non-hydrogen) atoms. The van der Waals surface area contributed by atoms with Crippen molar-refractivity contribution in [2.45, 2.75) is 64.1 Å². The number of rotatable bonds is 13. The number of hydrogen-bond donors (Lipinski definition) is 1. The van der Waals surface area contributed by atoms with Crippen LogP contribution in [0.1, 0.15) is 42.5 Å². The van der Waals surface area contributed by atoms with Crippen LogP contribution in [0.3, 0.4) is 0 Å². The molecule has 0 radical (unpaired) electrons. The summed E-state index contributed by atoms with van der Waals surface area (Å²) in [5.74, 6) is -0.763. The maximum Gasteiger partial charge on any atom is 0.264 e. The third-order valence-electron chi connectivity index (χ3n) is 7.68. The quantitative estimate of drug-likeness (QED) is 0.199. The van der Waals surface area contributed by atoms with Crippen LogP contribution < -0.4 is 9.62 Å². The van der Waals surface area contributed by atoms with Gasteiger partial charge in [0.25, 0.3) is 10.0 Å². The number of benzene rings is 4. The van der Waals surface area contributed by atoms with E-state index in [1.54, 1.807) is 36.4 Å². The molecule has 0 aromatic heterocycles. The number of nitrogens with zero attached hydrogens (tertiary/aromatic N) is 2. The molecule has 0 saturated heterocycles. The summed E-state index contributed by atoms with van der Waals surface area (Å²) in [5, 5.41) is 3.06. The maximum absolute atomic E-state index is 14.5. The van der Waals surface area contributed by atoms with Crippen LogP contribution >= 0.6 is 0 Å². The number of hydrogen-bond acceptors (Lipinski definition) is 4. The van der Waals surface area contributed by atoms with Crippen molar-refractivity contribution in [1.29, 1.82) is 0 Å². The smallest absolute Gasteiger partial charge is 0.264 e. The number of aryl methyl sites for hydroxylation is 2. The van der Waals surface area contributed by atoms with E-state index in [2.05, 4.69) is 5.32 Å². The van der Waals surface area contributed by atoms with Gasteiger partial charge >= 0.3 is 0 Å². The van der Waals surface area contributed by atoms with Crippen LogP contribution in [0.5, 0.6) is 0 Å². The highest BCUT2D eigenvalue weighted by Gasteiger charge is 2.35. The Bertz CT molecular complexity index is 1620. The lowest BCUT2D eigenvalue weighted by Crippen LogP contribution is -2.54. The van der Waals surface area contributed by atoms with Crippen molar-refractivity contribution in [2.24, 2.45) is 0 Å². The van der Waals surface area contributed by atoms with Gasteiger partial charge in [0.15, 0.2) is 0 Å². The van der Waals surface area contributed by atoms with Crippen molar-refractivity contribution in [2.75, 3.05) is 10.8 Å². The van der Waals surface area contributed by atoms with E-state index in [0.717, 1.165) is 33.0 Å². The van der Waals surface area contributed by atoms with Gasteiger partial charge in [0.05, 0.1) is 10.6 Å². The lowest BCUT2D eigenvalue weighted by atomic mass is 10.0. The molecule has 0 aliphatic carbocycles. The first kappa shape index (κ1) is 32.5. The Balaban J connectivity index is 1.79. The Morgan fingerprint density at radius 2 is 1.27 bits per heavy atom. The van der Waals surface area contributed by atoms with E-state index < -0.39 is 28.5 Å². The predicted octanol–water partition coefficient (Wildman–Crippen LogP) is 6.05. The molecule has 0 bridgehead atoms. The second kappa shape index (κ2) is 14.8.